The van der Waals surface area contributed by atoms with Crippen molar-refractivity contribution in [2.45, 2.75) is 13.8 Å². The van der Waals surface area contributed by atoms with Gasteiger partial charge in [-0.15, -0.1) is 0 Å². The lowest BCUT2D eigenvalue weighted by atomic mass is 10.1. The first-order chi connectivity index (χ1) is 7.99. The van der Waals surface area contributed by atoms with Crippen LogP contribution >= 0.6 is 15.9 Å². The van der Waals surface area contributed by atoms with Crippen LogP contribution in [0.4, 0.5) is 10.2 Å². The van der Waals surface area contributed by atoms with Gasteiger partial charge in [0.05, 0.1) is 5.56 Å². The van der Waals surface area contributed by atoms with Gasteiger partial charge in [0.2, 0.25) is 0 Å². The van der Waals surface area contributed by atoms with Crippen molar-refractivity contribution in [2.24, 2.45) is 0 Å². The molecule has 0 aliphatic rings. The predicted molar refractivity (Wildman–Crippen MR) is 69.0 cm³/mol. The topological polar surface area (TPSA) is 51.8 Å². The van der Waals surface area contributed by atoms with Crippen LogP contribution in [0, 0.1) is 19.7 Å². The second-order valence-corrected chi connectivity index (χ2v) is 4.68. The van der Waals surface area contributed by atoms with Crippen molar-refractivity contribution < 1.29 is 4.39 Å². The summed E-state index contributed by atoms with van der Waals surface area (Å²) < 4.78 is 14.5. The maximum Gasteiger partial charge on any atom is 0.164 e. The Morgan fingerprint density at radius 2 is 1.94 bits per heavy atom. The first-order valence-corrected chi connectivity index (χ1v) is 5.84. The van der Waals surface area contributed by atoms with Crippen LogP contribution in [0.5, 0.6) is 0 Å². The van der Waals surface area contributed by atoms with Gasteiger partial charge in [-0.25, -0.2) is 14.4 Å². The third-order valence-corrected chi connectivity index (χ3v) is 3.09. The van der Waals surface area contributed by atoms with Crippen LogP contribution in [0.3, 0.4) is 0 Å². The fourth-order valence-electron chi connectivity index (χ4n) is 1.44. The van der Waals surface area contributed by atoms with Crippen LogP contribution in [0.2, 0.25) is 0 Å². The van der Waals surface area contributed by atoms with Crippen LogP contribution in [0.15, 0.2) is 22.7 Å². The Hall–Kier alpha value is -1.49. The molecule has 0 radical (unpaired) electrons. The third kappa shape index (κ3) is 2.29. The quantitative estimate of drug-likeness (QED) is 0.879. The van der Waals surface area contributed by atoms with Crippen molar-refractivity contribution in [3.05, 3.63) is 39.7 Å². The highest BCUT2D eigenvalue weighted by Crippen LogP contribution is 2.25. The Morgan fingerprint density at radius 1 is 1.24 bits per heavy atom. The van der Waals surface area contributed by atoms with Crippen molar-refractivity contribution in [1.29, 1.82) is 0 Å². The summed E-state index contributed by atoms with van der Waals surface area (Å²) in [7, 11) is 0. The van der Waals surface area contributed by atoms with E-state index in [1.165, 1.54) is 6.07 Å². The molecule has 5 heteroatoms. The van der Waals surface area contributed by atoms with E-state index in [-0.39, 0.29) is 5.82 Å². The van der Waals surface area contributed by atoms with Gasteiger partial charge in [-0.05, 0) is 32.0 Å². The maximum atomic E-state index is 13.7. The summed E-state index contributed by atoms with van der Waals surface area (Å²) in [6, 6.07) is 4.64. The summed E-state index contributed by atoms with van der Waals surface area (Å²) in [5.41, 5.74) is 7.68. The molecule has 0 bridgehead atoms. The minimum Gasteiger partial charge on any atom is -0.383 e. The first-order valence-electron chi connectivity index (χ1n) is 5.05. The lowest BCUT2D eigenvalue weighted by Gasteiger charge is -2.08. The molecule has 1 aromatic carbocycles. The predicted octanol–water partition coefficient (Wildman–Crippen LogP) is 3.24. The van der Waals surface area contributed by atoms with Gasteiger partial charge in [0.15, 0.2) is 5.82 Å². The summed E-state index contributed by atoms with van der Waals surface area (Å²) >= 11 is 3.29. The second kappa shape index (κ2) is 4.41. The van der Waals surface area contributed by atoms with E-state index >= 15 is 0 Å². The van der Waals surface area contributed by atoms with Crippen molar-refractivity contribution in [3.63, 3.8) is 0 Å². The summed E-state index contributed by atoms with van der Waals surface area (Å²) in [4.78, 5) is 8.37. The largest absolute Gasteiger partial charge is 0.383 e. The van der Waals surface area contributed by atoms with Gasteiger partial charge < -0.3 is 5.73 Å². The van der Waals surface area contributed by atoms with Crippen molar-refractivity contribution in [2.75, 3.05) is 5.73 Å². The molecule has 2 N–H and O–H groups in total. The van der Waals surface area contributed by atoms with E-state index in [1.807, 2.05) is 13.8 Å². The summed E-state index contributed by atoms with van der Waals surface area (Å²) in [6.07, 6.45) is 0. The Labute approximate surface area is 107 Å². The van der Waals surface area contributed by atoms with Gasteiger partial charge in [-0.2, -0.15) is 0 Å². The van der Waals surface area contributed by atoms with E-state index in [1.54, 1.807) is 12.1 Å². The summed E-state index contributed by atoms with van der Waals surface area (Å²) in [5.74, 6) is 0.326. The number of hydrogen-bond acceptors (Lipinski definition) is 3. The molecule has 3 nitrogen and oxygen atoms in total. The molecule has 88 valence electrons. The minimum absolute atomic E-state index is 0.310. The van der Waals surface area contributed by atoms with E-state index < -0.39 is 0 Å². The number of nitrogens with zero attached hydrogens (tertiary/aromatic N) is 2. The lowest BCUT2D eigenvalue weighted by molar-refractivity contribution is 0.629. The highest BCUT2D eigenvalue weighted by Gasteiger charge is 2.11. The number of benzene rings is 1. The number of hydrogen-bond donors (Lipinski definition) is 1. The average Bonchev–Trinajstić information content (AvgIpc) is 2.28. The Balaban J connectivity index is 2.64. The number of rotatable bonds is 1. The van der Waals surface area contributed by atoms with Crippen LogP contribution in [-0.4, -0.2) is 9.97 Å². The van der Waals surface area contributed by atoms with Gasteiger partial charge in [0, 0.05) is 15.7 Å². The lowest BCUT2D eigenvalue weighted by Crippen LogP contribution is -2.03. The van der Waals surface area contributed by atoms with Crippen molar-refractivity contribution >= 4 is 21.7 Å². The third-order valence-electron chi connectivity index (χ3n) is 2.60. The molecule has 0 fully saturated rings. The molecule has 1 aromatic heterocycles. The van der Waals surface area contributed by atoms with E-state index in [2.05, 4.69) is 25.9 Å². The Kier molecular flexibility index (Phi) is 3.11. The number of anilines is 1. The van der Waals surface area contributed by atoms with Crippen LogP contribution in [-0.2, 0) is 0 Å². The second-order valence-electron chi connectivity index (χ2n) is 3.77. The van der Waals surface area contributed by atoms with Gasteiger partial charge in [0.1, 0.15) is 11.6 Å². The van der Waals surface area contributed by atoms with E-state index in [9.17, 15) is 4.39 Å². The molecule has 17 heavy (non-hydrogen) atoms. The standard InChI is InChI=1S/C12H11BrFN3/c1-6-7(2)16-12(17-11(6)15)9-5-8(13)3-4-10(9)14/h3-5H,1-2H3,(H2,15,16,17). The number of aryl methyl sites for hydroxylation is 1. The maximum absolute atomic E-state index is 13.7. The molecule has 2 aromatic rings. The highest BCUT2D eigenvalue weighted by atomic mass is 79.9. The number of halogens is 2. The zero-order valence-corrected chi connectivity index (χ0v) is 11.0. The van der Waals surface area contributed by atoms with Crippen LogP contribution in [0.25, 0.3) is 11.4 Å². The summed E-state index contributed by atoms with van der Waals surface area (Å²) in [6.45, 7) is 3.67. The molecule has 0 amide bonds. The molecule has 1 heterocycles. The van der Waals surface area contributed by atoms with Crippen molar-refractivity contribution in [1.82, 2.24) is 9.97 Å². The van der Waals surface area contributed by atoms with Crippen LogP contribution in [0.1, 0.15) is 11.3 Å². The van der Waals surface area contributed by atoms with Crippen LogP contribution < -0.4 is 5.73 Å². The zero-order chi connectivity index (χ0) is 12.6. The first kappa shape index (κ1) is 12.0. The monoisotopic (exact) mass is 295 g/mol. The average molecular weight is 296 g/mol. The highest BCUT2D eigenvalue weighted by molar-refractivity contribution is 9.10. The molecule has 0 saturated heterocycles. The normalized spacial score (nSPS) is 10.6. The fraction of sp³-hybridized carbons (Fsp3) is 0.167. The van der Waals surface area contributed by atoms with Crippen molar-refractivity contribution in [3.8, 4) is 11.4 Å². The van der Waals surface area contributed by atoms with E-state index in [0.717, 1.165) is 15.7 Å². The molecule has 2 rings (SSSR count). The van der Waals surface area contributed by atoms with Gasteiger partial charge in [-0.3, -0.25) is 0 Å². The number of nitrogens with two attached hydrogens (primary N) is 1. The molecule has 0 aliphatic heterocycles. The molecule has 0 atom stereocenters. The Bertz CT molecular complexity index is 561. The van der Waals surface area contributed by atoms with E-state index in [4.69, 9.17) is 5.73 Å². The fourth-order valence-corrected chi connectivity index (χ4v) is 1.80. The minimum atomic E-state index is -0.365. The molecule has 0 spiro atoms. The molecule has 0 unspecified atom stereocenters. The van der Waals surface area contributed by atoms with Gasteiger partial charge in [0.25, 0.3) is 0 Å². The summed E-state index contributed by atoms with van der Waals surface area (Å²) in [5, 5.41) is 0. The Morgan fingerprint density at radius 3 is 2.59 bits per heavy atom. The van der Waals surface area contributed by atoms with E-state index in [0.29, 0.717) is 17.2 Å². The van der Waals surface area contributed by atoms with Gasteiger partial charge in [-0.1, -0.05) is 15.9 Å². The number of aromatic nitrogens is 2. The molecule has 0 aliphatic carbocycles. The molecule has 0 saturated carbocycles. The number of nitrogen functional groups attached to an aromatic ring is 1. The smallest absolute Gasteiger partial charge is 0.164 e. The molecular weight excluding hydrogens is 285 g/mol. The SMILES string of the molecule is Cc1nc(-c2cc(Br)ccc2F)nc(N)c1C. The zero-order valence-electron chi connectivity index (χ0n) is 9.46. The van der Waals surface area contributed by atoms with Gasteiger partial charge >= 0.3 is 0 Å². The molecular formula is C12H11BrFN3.